The minimum atomic E-state index is -0.0506. The summed E-state index contributed by atoms with van der Waals surface area (Å²) in [6.07, 6.45) is 6.34. The molecule has 1 aliphatic heterocycles. The fraction of sp³-hybridized carbons (Fsp3) is 0.360. The number of amides is 1. The molecule has 30 heavy (non-hydrogen) atoms. The van der Waals surface area contributed by atoms with Crippen molar-refractivity contribution in [3.63, 3.8) is 0 Å². The summed E-state index contributed by atoms with van der Waals surface area (Å²) in [6.45, 7) is 8.07. The second-order valence-corrected chi connectivity index (χ2v) is 8.34. The molecular formula is C25H30N4O. The van der Waals surface area contributed by atoms with Gasteiger partial charge in [-0.3, -0.25) is 9.69 Å². The van der Waals surface area contributed by atoms with Crippen LogP contribution in [0, 0.1) is 12.8 Å². The first-order valence-electron chi connectivity index (χ1n) is 10.8. The number of benzene rings is 2. The molecule has 1 N–H and O–H groups in total. The predicted octanol–water partition coefficient (Wildman–Crippen LogP) is 4.34. The van der Waals surface area contributed by atoms with Crippen LogP contribution in [0.4, 0.5) is 0 Å². The van der Waals surface area contributed by atoms with Crippen molar-refractivity contribution < 1.29 is 4.79 Å². The minimum Gasteiger partial charge on any atom is -0.348 e. The second kappa shape index (κ2) is 9.26. The number of rotatable bonds is 6. The first-order valence-corrected chi connectivity index (χ1v) is 10.8. The quantitative estimate of drug-likeness (QED) is 0.667. The van der Waals surface area contributed by atoms with Crippen LogP contribution in [0.25, 0.3) is 5.69 Å². The van der Waals surface area contributed by atoms with Crippen LogP contribution >= 0.6 is 0 Å². The van der Waals surface area contributed by atoms with Gasteiger partial charge < -0.3 is 9.88 Å². The maximum Gasteiger partial charge on any atom is 0.251 e. The highest BCUT2D eigenvalue weighted by atomic mass is 16.1. The van der Waals surface area contributed by atoms with E-state index < -0.39 is 0 Å². The standard InChI is InChI=1S/C25H30N4O/c1-19-6-5-14-28(17-19)18-21-9-11-22(12-10-21)25(30)27-16-23-7-3-4-8-24(23)29-15-13-26-20(29)2/h3-4,7-13,15,19H,5-6,14,16-18H2,1-2H3,(H,27,30)/t19-/m0/s1. The maximum absolute atomic E-state index is 12.7. The van der Waals surface area contributed by atoms with Crippen LogP contribution in [-0.2, 0) is 13.1 Å². The van der Waals surface area contributed by atoms with Gasteiger partial charge in [-0.25, -0.2) is 4.98 Å². The number of carbonyl (C=O) groups excluding carboxylic acids is 1. The molecule has 2 aromatic carbocycles. The highest BCUT2D eigenvalue weighted by Gasteiger charge is 2.16. The Morgan fingerprint density at radius 3 is 2.70 bits per heavy atom. The van der Waals surface area contributed by atoms with Crippen molar-refractivity contribution in [1.82, 2.24) is 19.8 Å². The van der Waals surface area contributed by atoms with E-state index in [1.807, 2.05) is 54.1 Å². The van der Waals surface area contributed by atoms with Gasteiger partial charge in [-0.2, -0.15) is 0 Å². The number of hydrogen-bond acceptors (Lipinski definition) is 3. The van der Waals surface area contributed by atoms with Gasteiger partial charge in [-0.05, 0) is 61.6 Å². The molecule has 0 saturated carbocycles. The Morgan fingerprint density at radius 2 is 1.97 bits per heavy atom. The van der Waals surface area contributed by atoms with Crippen molar-refractivity contribution in [1.29, 1.82) is 0 Å². The average molecular weight is 403 g/mol. The molecule has 4 rings (SSSR count). The van der Waals surface area contributed by atoms with Crippen LogP contribution in [0.2, 0.25) is 0 Å². The van der Waals surface area contributed by atoms with E-state index in [9.17, 15) is 4.79 Å². The first kappa shape index (κ1) is 20.4. The van der Waals surface area contributed by atoms with E-state index in [1.54, 1.807) is 6.20 Å². The minimum absolute atomic E-state index is 0.0506. The smallest absolute Gasteiger partial charge is 0.251 e. The molecule has 1 aromatic heterocycles. The SMILES string of the molecule is Cc1nccn1-c1ccccc1CNC(=O)c1ccc(CN2CCC[C@H](C)C2)cc1. The molecule has 1 aliphatic rings. The molecule has 5 heteroatoms. The molecule has 2 heterocycles. The van der Waals surface area contributed by atoms with Gasteiger partial charge in [0.1, 0.15) is 5.82 Å². The lowest BCUT2D eigenvalue weighted by Gasteiger charge is -2.30. The normalized spacial score (nSPS) is 17.1. The lowest BCUT2D eigenvalue weighted by atomic mass is 9.99. The number of piperidine rings is 1. The fourth-order valence-corrected chi connectivity index (χ4v) is 4.26. The maximum atomic E-state index is 12.7. The molecule has 1 amide bonds. The fourth-order valence-electron chi connectivity index (χ4n) is 4.26. The number of imidazole rings is 1. The van der Waals surface area contributed by atoms with Crippen LogP contribution in [0.3, 0.4) is 0 Å². The summed E-state index contributed by atoms with van der Waals surface area (Å²) in [5.41, 5.74) is 4.06. The van der Waals surface area contributed by atoms with Gasteiger partial charge in [-0.1, -0.05) is 37.3 Å². The van der Waals surface area contributed by atoms with Gasteiger partial charge in [-0.15, -0.1) is 0 Å². The highest BCUT2D eigenvalue weighted by molar-refractivity contribution is 5.94. The average Bonchev–Trinajstić information content (AvgIpc) is 3.18. The van der Waals surface area contributed by atoms with Crippen LogP contribution in [0.5, 0.6) is 0 Å². The summed E-state index contributed by atoms with van der Waals surface area (Å²) in [6, 6.07) is 16.1. The number of aryl methyl sites for hydroxylation is 1. The number of nitrogens with one attached hydrogen (secondary N) is 1. The molecule has 0 spiro atoms. The van der Waals surface area contributed by atoms with E-state index in [-0.39, 0.29) is 5.91 Å². The van der Waals surface area contributed by atoms with E-state index >= 15 is 0 Å². The summed E-state index contributed by atoms with van der Waals surface area (Å²) in [7, 11) is 0. The van der Waals surface area contributed by atoms with Gasteiger partial charge in [0.2, 0.25) is 0 Å². The molecule has 3 aromatic rings. The van der Waals surface area contributed by atoms with E-state index in [0.29, 0.717) is 12.1 Å². The largest absolute Gasteiger partial charge is 0.348 e. The molecule has 1 fully saturated rings. The molecule has 0 bridgehead atoms. The Labute approximate surface area is 178 Å². The lowest BCUT2D eigenvalue weighted by Crippen LogP contribution is -2.33. The van der Waals surface area contributed by atoms with E-state index in [4.69, 9.17) is 0 Å². The van der Waals surface area contributed by atoms with Crippen molar-refractivity contribution in [2.75, 3.05) is 13.1 Å². The summed E-state index contributed by atoms with van der Waals surface area (Å²) in [5.74, 6) is 1.65. The Bertz CT molecular complexity index is 992. The summed E-state index contributed by atoms with van der Waals surface area (Å²) >= 11 is 0. The third kappa shape index (κ3) is 4.79. The molecule has 1 atom stereocenters. The van der Waals surface area contributed by atoms with Crippen LogP contribution in [0.1, 0.15) is 47.1 Å². The second-order valence-electron chi connectivity index (χ2n) is 8.34. The predicted molar refractivity (Wildman–Crippen MR) is 120 cm³/mol. The number of carbonyl (C=O) groups is 1. The van der Waals surface area contributed by atoms with E-state index in [1.165, 1.54) is 24.9 Å². The van der Waals surface area contributed by atoms with E-state index in [2.05, 4.69) is 34.3 Å². The monoisotopic (exact) mass is 402 g/mol. The molecule has 0 aliphatic carbocycles. The van der Waals surface area contributed by atoms with Crippen molar-refractivity contribution in [3.05, 3.63) is 83.4 Å². The van der Waals surface area contributed by atoms with E-state index in [0.717, 1.165) is 36.1 Å². The van der Waals surface area contributed by atoms with Crippen molar-refractivity contribution >= 4 is 5.91 Å². The Kier molecular flexibility index (Phi) is 6.29. The third-order valence-electron chi connectivity index (χ3n) is 5.88. The van der Waals surface area contributed by atoms with Crippen LogP contribution < -0.4 is 5.32 Å². The summed E-state index contributed by atoms with van der Waals surface area (Å²) < 4.78 is 2.04. The van der Waals surface area contributed by atoms with Gasteiger partial charge >= 0.3 is 0 Å². The zero-order valence-electron chi connectivity index (χ0n) is 17.8. The Hall–Kier alpha value is -2.92. The van der Waals surface area contributed by atoms with Gasteiger partial charge in [0.25, 0.3) is 5.91 Å². The molecule has 5 nitrogen and oxygen atoms in total. The third-order valence-corrected chi connectivity index (χ3v) is 5.88. The van der Waals surface area contributed by atoms with Crippen molar-refractivity contribution in [2.24, 2.45) is 5.92 Å². The molecule has 0 unspecified atom stereocenters. The van der Waals surface area contributed by atoms with Crippen molar-refractivity contribution in [2.45, 2.75) is 39.8 Å². The Morgan fingerprint density at radius 1 is 1.17 bits per heavy atom. The lowest BCUT2D eigenvalue weighted by molar-refractivity contribution is 0.0951. The number of hydrogen-bond donors (Lipinski definition) is 1. The molecule has 1 saturated heterocycles. The van der Waals surface area contributed by atoms with Crippen LogP contribution in [-0.4, -0.2) is 33.4 Å². The molecular weight excluding hydrogens is 372 g/mol. The summed E-state index contributed by atoms with van der Waals surface area (Å²) in [5, 5.41) is 3.06. The number of likely N-dealkylation sites (tertiary alicyclic amines) is 1. The van der Waals surface area contributed by atoms with Gasteiger partial charge in [0, 0.05) is 37.6 Å². The Balaban J connectivity index is 1.38. The van der Waals surface area contributed by atoms with Crippen LogP contribution in [0.15, 0.2) is 60.9 Å². The highest BCUT2D eigenvalue weighted by Crippen LogP contribution is 2.19. The summed E-state index contributed by atoms with van der Waals surface area (Å²) in [4.78, 5) is 19.5. The first-order chi connectivity index (χ1) is 14.6. The van der Waals surface area contributed by atoms with Crippen molar-refractivity contribution in [3.8, 4) is 5.69 Å². The number of para-hydroxylation sites is 1. The van der Waals surface area contributed by atoms with Gasteiger partial charge in [0.05, 0.1) is 5.69 Å². The zero-order valence-corrected chi connectivity index (χ0v) is 17.8. The number of aromatic nitrogens is 2. The molecule has 156 valence electrons. The molecule has 0 radical (unpaired) electrons. The topological polar surface area (TPSA) is 50.2 Å². The van der Waals surface area contributed by atoms with Gasteiger partial charge in [0.15, 0.2) is 0 Å². The number of nitrogens with zero attached hydrogens (tertiary/aromatic N) is 3. The zero-order chi connectivity index (χ0) is 20.9.